The molecule has 2 atom stereocenters. The molecule has 22 heavy (non-hydrogen) atoms. The largest absolute Gasteiger partial charge is 0.396 e. The van der Waals surface area contributed by atoms with Gasteiger partial charge in [-0.05, 0) is 23.6 Å². The maximum Gasteiger partial charge on any atom is 0.253 e. The van der Waals surface area contributed by atoms with E-state index in [-0.39, 0.29) is 30.4 Å². The minimum atomic E-state index is -0.179. The topological polar surface area (TPSA) is 69.6 Å². The van der Waals surface area contributed by atoms with Crippen LogP contribution in [0.4, 0.5) is 0 Å². The van der Waals surface area contributed by atoms with Crippen LogP contribution in [0.1, 0.15) is 42.6 Å². The molecule has 1 heterocycles. The number of rotatable bonds is 4. The first-order valence-electron chi connectivity index (χ1n) is 7.69. The molecule has 120 valence electrons. The highest BCUT2D eigenvalue weighted by atomic mass is 16.3. The first-order valence-corrected chi connectivity index (χ1v) is 7.69. The van der Waals surface area contributed by atoms with E-state index in [2.05, 4.69) is 19.2 Å². The number of nitrogens with zero attached hydrogens (tertiary/aromatic N) is 1. The Hall–Kier alpha value is -1.88. The van der Waals surface area contributed by atoms with Gasteiger partial charge in [-0.2, -0.15) is 0 Å². The molecule has 5 heteroatoms. The van der Waals surface area contributed by atoms with Crippen LogP contribution in [0, 0.1) is 5.92 Å². The summed E-state index contributed by atoms with van der Waals surface area (Å²) in [5, 5.41) is 12.2. The van der Waals surface area contributed by atoms with E-state index in [1.807, 2.05) is 24.3 Å². The van der Waals surface area contributed by atoms with Crippen LogP contribution >= 0.6 is 0 Å². The maximum atomic E-state index is 12.6. The average Bonchev–Trinajstić information content (AvgIpc) is 2.88. The molecule has 0 aromatic heterocycles. The Kier molecular flexibility index (Phi) is 5.19. The summed E-state index contributed by atoms with van der Waals surface area (Å²) in [6.07, 6.45) is 0. The van der Waals surface area contributed by atoms with Crippen molar-refractivity contribution in [1.82, 2.24) is 10.2 Å². The van der Waals surface area contributed by atoms with Crippen molar-refractivity contribution in [1.29, 1.82) is 0 Å². The molecule has 2 rings (SSSR count). The van der Waals surface area contributed by atoms with Gasteiger partial charge < -0.3 is 15.3 Å². The van der Waals surface area contributed by atoms with Gasteiger partial charge in [0.25, 0.3) is 5.91 Å². The number of nitrogens with one attached hydrogen (secondary N) is 1. The Balaban J connectivity index is 2.08. The van der Waals surface area contributed by atoms with Gasteiger partial charge in [0.05, 0.1) is 6.04 Å². The van der Waals surface area contributed by atoms with E-state index >= 15 is 0 Å². The van der Waals surface area contributed by atoms with Gasteiger partial charge >= 0.3 is 0 Å². The molecule has 0 bridgehead atoms. The van der Waals surface area contributed by atoms with Crippen molar-refractivity contribution in [3.8, 4) is 0 Å². The molecule has 0 aliphatic carbocycles. The van der Waals surface area contributed by atoms with Gasteiger partial charge in [-0.3, -0.25) is 9.59 Å². The highest BCUT2D eigenvalue weighted by Gasteiger charge is 2.35. The molecule has 1 aromatic rings. The molecular formula is C17H24N2O3. The molecular weight excluding hydrogens is 280 g/mol. The summed E-state index contributed by atoms with van der Waals surface area (Å²) < 4.78 is 0. The molecule has 0 radical (unpaired) electrons. The molecule has 0 spiro atoms. The van der Waals surface area contributed by atoms with Crippen LogP contribution < -0.4 is 5.32 Å². The van der Waals surface area contributed by atoms with Crippen LogP contribution in [0.2, 0.25) is 0 Å². The molecule has 1 saturated heterocycles. The van der Waals surface area contributed by atoms with Crippen LogP contribution in [0.25, 0.3) is 0 Å². The van der Waals surface area contributed by atoms with E-state index in [0.717, 1.165) is 0 Å². The molecule has 1 aliphatic rings. The van der Waals surface area contributed by atoms with Gasteiger partial charge in [0.2, 0.25) is 5.91 Å². The average molecular weight is 304 g/mol. The van der Waals surface area contributed by atoms with Gasteiger partial charge in [-0.1, -0.05) is 26.0 Å². The Morgan fingerprint density at radius 2 is 1.91 bits per heavy atom. The van der Waals surface area contributed by atoms with Crippen molar-refractivity contribution >= 4 is 11.8 Å². The fourth-order valence-corrected chi connectivity index (χ4v) is 2.84. The van der Waals surface area contributed by atoms with E-state index in [4.69, 9.17) is 0 Å². The van der Waals surface area contributed by atoms with E-state index in [1.165, 1.54) is 12.5 Å². The van der Waals surface area contributed by atoms with Crippen molar-refractivity contribution in [2.24, 2.45) is 5.92 Å². The number of aliphatic hydroxyl groups excluding tert-OH is 1. The van der Waals surface area contributed by atoms with E-state index in [1.54, 1.807) is 4.90 Å². The van der Waals surface area contributed by atoms with Crippen molar-refractivity contribution in [3.05, 3.63) is 35.4 Å². The Morgan fingerprint density at radius 1 is 1.27 bits per heavy atom. The molecule has 5 nitrogen and oxygen atoms in total. The highest BCUT2D eigenvalue weighted by molar-refractivity contribution is 5.94. The van der Waals surface area contributed by atoms with Crippen LogP contribution in [0.15, 0.2) is 24.3 Å². The second-order valence-electron chi connectivity index (χ2n) is 6.24. The first-order chi connectivity index (χ1) is 10.4. The Morgan fingerprint density at radius 3 is 2.41 bits per heavy atom. The standard InChI is InChI=1S/C17H24N2O3/c1-11(2)13-4-6-14(7-5-13)17(22)19-8-15(10-20)16(9-19)18-12(3)21/h4-7,11,15-16,20H,8-10H2,1-3H3,(H,18,21)/t15-,16+/m0/s1. The van der Waals surface area contributed by atoms with Gasteiger partial charge in [-0.25, -0.2) is 0 Å². The van der Waals surface area contributed by atoms with Crippen molar-refractivity contribution in [3.63, 3.8) is 0 Å². The monoisotopic (exact) mass is 304 g/mol. The van der Waals surface area contributed by atoms with Crippen molar-refractivity contribution in [2.45, 2.75) is 32.7 Å². The summed E-state index contributed by atoms with van der Waals surface area (Å²) in [6.45, 7) is 6.54. The molecule has 2 N–H and O–H groups in total. The zero-order valence-electron chi connectivity index (χ0n) is 13.4. The molecule has 0 saturated carbocycles. The fraction of sp³-hybridized carbons (Fsp3) is 0.529. The number of hydrogen-bond donors (Lipinski definition) is 2. The SMILES string of the molecule is CC(=O)N[C@@H]1CN(C(=O)c2ccc(C(C)C)cc2)C[C@H]1CO. The number of amides is 2. The van der Waals surface area contributed by atoms with Gasteiger partial charge in [0, 0.05) is 38.1 Å². The Labute approximate surface area is 131 Å². The number of benzene rings is 1. The summed E-state index contributed by atoms with van der Waals surface area (Å²) in [5.74, 6) is 0.127. The fourth-order valence-electron chi connectivity index (χ4n) is 2.84. The number of aliphatic hydroxyl groups is 1. The van der Waals surface area contributed by atoms with Crippen molar-refractivity contribution in [2.75, 3.05) is 19.7 Å². The molecule has 0 unspecified atom stereocenters. The first kappa shape index (κ1) is 16.5. The summed E-state index contributed by atoms with van der Waals surface area (Å²) in [4.78, 5) is 25.5. The highest BCUT2D eigenvalue weighted by Crippen LogP contribution is 2.21. The van der Waals surface area contributed by atoms with Crippen molar-refractivity contribution < 1.29 is 14.7 Å². The van der Waals surface area contributed by atoms with Crippen LogP contribution in [0.5, 0.6) is 0 Å². The van der Waals surface area contributed by atoms with Crippen LogP contribution in [-0.4, -0.2) is 47.6 Å². The number of likely N-dealkylation sites (tertiary alicyclic amines) is 1. The van der Waals surface area contributed by atoms with E-state index in [9.17, 15) is 14.7 Å². The van der Waals surface area contributed by atoms with Gasteiger partial charge in [0.1, 0.15) is 0 Å². The number of carbonyl (C=O) groups is 2. The number of hydrogen-bond acceptors (Lipinski definition) is 3. The third kappa shape index (κ3) is 3.65. The van der Waals surface area contributed by atoms with Crippen LogP contribution in [-0.2, 0) is 4.79 Å². The summed E-state index contributed by atoms with van der Waals surface area (Å²) in [7, 11) is 0. The lowest BCUT2D eigenvalue weighted by Crippen LogP contribution is -2.40. The van der Waals surface area contributed by atoms with E-state index in [0.29, 0.717) is 24.6 Å². The third-order valence-electron chi connectivity index (χ3n) is 4.18. The molecule has 1 aromatic carbocycles. The molecule has 1 aliphatic heterocycles. The van der Waals surface area contributed by atoms with E-state index < -0.39 is 0 Å². The predicted octanol–water partition coefficient (Wildman–Crippen LogP) is 1.38. The lowest BCUT2D eigenvalue weighted by molar-refractivity contribution is -0.119. The quantitative estimate of drug-likeness (QED) is 0.883. The minimum absolute atomic E-state index is 0.0407. The van der Waals surface area contributed by atoms with Gasteiger partial charge in [0.15, 0.2) is 0 Å². The van der Waals surface area contributed by atoms with Crippen LogP contribution in [0.3, 0.4) is 0 Å². The lowest BCUT2D eigenvalue weighted by atomic mass is 10.0. The second-order valence-corrected chi connectivity index (χ2v) is 6.24. The number of carbonyl (C=O) groups excluding carboxylic acids is 2. The molecule has 2 amide bonds. The predicted molar refractivity (Wildman–Crippen MR) is 84.6 cm³/mol. The van der Waals surface area contributed by atoms with Gasteiger partial charge in [-0.15, -0.1) is 0 Å². The molecule has 1 fully saturated rings. The smallest absolute Gasteiger partial charge is 0.253 e. The summed E-state index contributed by atoms with van der Waals surface area (Å²) in [5.41, 5.74) is 1.84. The maximum absolute atomic E-state index is 12.6. The second kappa shape index (κ2) is 6.92. The Bertz CT molecular complexity index is 539. The third-order valence-corrected chi connectivity index (χ3v) is 4.18. The summed E-state index contributed by atoms with van der Waals surface area (Å²) in [6, 6.07) is 7.46. The summed E-state index contributed by atoms with van der Waals surface area (Å²) >= 11 is 0. The minimum Gasteiger partial charge on any atom is -0.396 e. The zero-order valence-corrected chi connectivity index (χ0v) is 13.4. The normalized spacial score (nSPS) is 21.2. The lowest BCUT2D eigenvalue weighted by Gasteiger charge is -2.17. The zero-order chi connectivity index (χ0) is 16.3.